The van der Waals surface area contributed by atoms with E-state index in [4.69, 9.17) is 10.5 Å². The summed E-state index contributed by atoms with van der Waals surface area (Å²) in [5, 5.41) is 5.05. The molecule has 0 fully saturated rings. The number of nitrogens with two attached hydrogens (primary N) is 1. The average molecular weight is 360 g/mol. The first-order valence-corrected chi connectivity index (χ1v) is 7.87. The first-order valence-electron chi connectivity index (χ1n) is 7.06. The molecule has 2 amide bonds. The fourth-order valence-electron chi connectivity index (χ4n) is 1.78. The van der Waals surface area contributed by atoms with E-state index in [-0.39, 0.29) is 22.2 Å². The number of anilines is 2. The van der Waals surface area contributed by atoms with Gasteiger partial charge >= 0.3 is 12.2 Å². The zero-order chi connectivity index (χ0) is 17.7. The van der Waals surface area contributed by atoms with Crippen molar-refractivity contribution < 1.29 is 22.7 Å². The van der Waals surface area contributed by atoms with Crippen molar-refractivity contribution in [2.24, 2.45) is 5.73 Å². The number of benzene rings is 1. The molecule has 0 aliphatic carbocycles. The predicted octanol–water partition coefficient (Wildman–Crippen LogP) is 3.95. The molecule has 1 aromatic carbocycles. The second-order valence-corrected chi connectivity index (χ2v) is 5.71. The van der Waals surface area contributed by atoms with Crippen molar-refractivity contribution >= 4 is 28.2 Å². The van der Waals surface area contributed by atoms with Gasteiger partial charge in [-0.2, -0.15) is 13.2 Å². The molecule has 0 aliphatic rings. The second-order valence-electron chi connectivity index (χ2n) is 4.76. The SMILES string of the molecule is CCCCOc1ccc(N(C(N)=O)c2nnc(C(F)(F)F)s2)cc1. The highest BCUT2D eigenvalue weighted by atomic mass is 32.1. The van der Waals surface area contributed by atoms with Gasteiger partial charge in [0.05, 0.1) is 12.3 Å². The van der Waals surface area contributed by atoms with Crippen LogP contribution < -0.4 is 15.4 Å². The van der Waals surface area contributed by atoms with Crippen LogP contribution in [0.15, 0.2) is 24.3 Å². The van der Waals surface area contributed by atoms with E-state index in [0.717, 1.165) is 17.7 Å². The van der Waals surface area contributed by atoms with Crippen LogP contribution in [0.5, 0.6) is 5.75 Å². The normalized spacial score (nSPS) is 11.3. The van der Waals surface area contributed by atoms with Crippen LogP contribution in [0.1, 0.15) is 24.8 Å². The maximum Gasteiger partial charge on any atom is 0.445 e. The standard InChI is InChI=1S/C14H15F3N4O2S/c1-2-3-8-23-10-6-4-9(5-7-10)21(12(18)22)13-20-19-11(24-13)14(15,16)17/h4-7H,2-3,8H2,1H3,(H2,18,22). The van der Waals surface area contributed by atoms with Gasteiger partial charge in [0.1, 0.15) is 5.75 Å². The molecule has 0 saturated heterocycles. The van der Waals surface area contributed by atoms with Gasteiger partial charge in [-0.3, -0.25) is 0 Å². The first kappa shape index (κ1) is 18.0. The molecule has 0 spiro atoms. The molecule has 1 heterocycles. The van der Waals surface area contributed by atoms with Gasteiger partial charge < -0.3 is 10.5 Å². The lowest BCUT2D eigenvalue weighted by Gasteiger charge is -2.17. The average Bonchev–Trinajstić information content (AvgIpc) is 2.98. The highest BCUT2D eigenvalue weighted by molar-refractivity contribution is 7.15. The lowest BCUT2D eigenvalue weighted by atomic mass is 10.3. The van der Waals surface area contributed by atoms with E-state index >= 15 is 0 Å². The van der Waals surface area contributed by atoms with Crippen LogP contribution in [0.25, 0.3) is 0 Å². The minimum absolute atomic E-state index is 0.239. The van der Waals surface area contributed by atoms with Gasteiger partial charge in [0.15, 0.2) is 0 Å². The minimum Gasteiger partial charge on any atom is -0.494 e. The number of ether oxygens (including phenoxy) is 1. The lowest BCUT2D eigenvalue weighted by Crippen LogP contribution is -2.31. The van der Waals surface area contributed by atoms with Crippen LogP contribution in [0, 0.1) is 0 Å². The summed E-state index contributed by atoms with van der Waals surface area (Å²) in [6.45, 7) is 2.59. The Kier molecular flexibility index (Phi) is 5.60. The van der Waals surface area contributed by atoms with E-state index in [2.05, 4.69) is 10.2 Å². The monoisotopic (exact) mass is 360 g/mol. The zero-order valence-corrected chi connectivity index (χ0v) is 13.5. The third kappa shape index (κ3) is 4.34. The van der Waals surface area contributed by atoms with Gasteiger partial charge in [0, 0.05) is 0 Å². The Labute approximate surface area is 140 Å². The van der Waals surface area contributed by atoms with E-state index in [0.29, 0.717) is 12.4 Å². The Morgan fingerprint density at radius 2 is 1.96 bits per heavy atom. The molecule has 24 heavy (non-hydrogen) atoms. The zero-order valence-electron chi connectivity index (χ0n) is 12.7. The van der Waals surface area contributed by atoms with Crippen molar-refractivity contribution in [3.05, 3.63) is 29.3 Å². The van der Waals surface area contributed by atoms with Crippen molar-refractivity contribution in [2.75, 3.05) is 11.5 Å². The predicted molar refractivity (Wildman–Crippen MR) is 83.5 cm³/mol. The topological polar surface area (TPSA) is 81.3 Å². The largest absolute Gasteiger partial charge is 0.494 e. The molecule has 2 rings (SSSR count). The summed E-state index contributed by atoms with van der Waals surface area (Å²) in [6.07, 6.45) is -2.73. The van der Waals surface area contributed by atoms with Crippen LogP contribution in [0.3, 0.4) is 0 Å². The van der Waals surface area contributed by atoms with Crippen molar-refractivity contribution in [2.45, 2.75) is 25.9 Å². The Bertz CT molecular complexity index is 688. The number of urea groups is 1. The number of amides is 2. The summed E-state index contributed by atoms with van der Waals surface area (Å²) in [7, 11) is 0. The van der Waals surface area contributed by atoms with Crippen molar-refractivity contribution in [3.8, 4) is 5.75 Å². The number of hydrogen-bond acceptors (Lipinski definition) is 5. The molecular weight excluding hydrogens is 345 g/mol. The number of carbonyl (C=O) groups is 1. The van der Waals surface area contributed by atoms with Gasteiger partial charge in [-0.15, -0.1) is 10.2 Å². The van der Waals surface area contributed by atoms with Gasteiger partial charge in [0.25, 0.3) is 0 Å². The number of halogens is 3. The molecule has 0 atom stereocenters. The number of rotatable bonds is 6. The van der Waals surface area contributed by atoms with E-state index in [9.17, 15) is 18.0 Å². The number of carbonyl (C=O) groups excluding carboxylic acids is 1. The Balaban J connectivity index is 2.22. The Hall–Kier alpha value is -2.36. The highest BCUT2D eigenvalue weighted by Gasteiger charge is 2.36. The quantitative estimate of drug-likeness (QED) is 0.791. The fourth-order valence-corrected chi connectivity index (χ4v) is 2.52. The van der Waals surface area contributed by atoms with Gasteiger partial charge in [0.2, 0.25) is 10.1 Å². The molecule has 0 aliphatic heterocycles. The molecule has 0 bridgehead atoms. The molecule has 10 heteroatoms. The molecular formula is C14H15F3N4O2S. The lowest BCUT2D eigenvalue weighted by molar-refractivity contribution is -0.138. The van der Waals surface area contributed by atoms with Crippen LogP contribution in [-0.2, 0) is 6.18 Å². The third-order valence-corrected chi connectivity index (χ3v) is 3.88. The number of aromatic nitrogens is 2. The number of nitrogens with zero attached hydrogens (tertiary/aromatic N) is 3. The molecule has 0 unspecified atom stereocenters. The van der Waals surface area contributed by atoms with Gasteiger partial charge in [-0.1, -0.05) is 24.7 Å². The molecule has 2 N–H and O–H groups in total. The number of unbranched alkanes of at least 4 members (excludes halogenated alkanes) is 1. The summed E-state index contributed by atoms with van der Waals surface area (Å²) in [5.41, 5.74) is 5.54. The second kappa shape index (κ2) is 7.47. The summed E-state index contributed by atoms with van der Waals surface area (Å²) in [6, 6.07) is 5.28. The summed E-state index contributed by atoms with van der Waals surface area (Å²) < 4.78 is 43.4. The van der Waals surface area contributed by atoms with E-state index in [1.165, 1.54) is 12.1 Å². The maximum atomic E-state index is 12.6. The Morgan fingerprint density at radius 1 is 1.29 bits per heavy atom. The molecule has 2 aromatic rings. The van der Waals surface area contributed by atoms with Crippen molar-refractivity contribution in [1.82, 2.24) is 10.2 Å². The van der Waals surface area contributed by atoms with Crippen molar-refractivity contribution in [3.63, 3.8) is 0 Å². The van der Waals surface area contributed by atoms with E-state index in [1.54, 1.807) is 12.1 Å². The smallest absolute Gasteiger partial charge is 0.445 e. The van der Waals surface area contributed by atoms with E-state index in [1.807, 2.05) is 6.92 Å². The van der Waals surface area contributed by atoms with Crippen LogP contribution in [0.4, 0.5) is 28.8 Å². The maximum absolute atomic E-state index is 12.6. The van der Waals surface area contributed by atoms with Crippen molar-refractivity contribution in [1.29, 1.82) is 0 Å². The first-order chi connectivity index (χ1) is 11.3. The van der Waals surface area contributed by atoms with E-state index < -0.39 is 17.2 Å². The van der Waals surface area contributed by atoms with Crippen LogP contribution >= 0.6 is 11.3 Å². The minimum atomic E-state index is -4.63. The number of primary amides is 1. The molecule has 130 valence electrons. The van der Waals surface area contributed by atoms with Crippen LogP contribution in [-0.4, -0.2) is 22.8 Å². The molecule has 6 nitrogen and oxygen atoms in total. The summed E-state index contributed by atoms with van der Waals surface area (Å²) >= 11 is 0.239. The molecule has 0 radical (unpaired) electrons. The van der Waals surface area contributed by atoms with Gasteiger partial charge in [-0.05, 0) is 30.7 Å². The third-order valence-electron chi connectivity index (χ3n) is 2.93. The number of hydrogen-bond donors (Lipinski definition) is 1. The van der Waals surface area contributed by atoms with Gasteiger partial charge in [-0.25, -0.2) is 9.69 Å². The summed E-state index contributed by atoms with van der Waals surface area (Å²) in [5.74, 6) is 0.588. The molecule has 0 saturated carbocycles. The van der Waals surface area contributed by atoms with Crippen LogP contribution in [0.2, 0.25) is 0 Å². The summed E-state index contributed by atoms with van der Waals surface area (Å²) in [4.78, 5) is 12.5. The fraction of sp³-hybridized carbons (Fsp3) is 0.357. The highest BCUT2D eigenvalue weighted by Crippen LogP contribution is 2.36. The molecule has 1 aromatic heterocycles. The number of alkyl halides is 3. The Morgan fingerprint density at radius 3 is 2.46 bits per heavy atom.